The molecule has 0 unspecified atom stereocenters. The van der Waals surface area contributed by atoms with E-state index in [1.54, 1.807) is 0 Å². The molecule has 0 saturated carbocycles. The van der Waals surface area contributed by atoms with Crippen LogP contribution < -0.4 is 4.74 Å². The van der Waals surface area contributed by atoms with Crippen LogP contribution in [0.25, 0.3) is 0 Å². The summed E-state index contributed by atoms with van der Waals surface area (Å²) < 4.78 is 27.6. The van der Waals surface area contributed by atoms with Gasteiger partial charge in [0.15, 0.2) is 0 Å². The molecule has 76 valence electrons. The lowest BCUT2D eigenvalue weighted by Gasteiger charge is -2.05. The maximum atomic E-state index is 11.8. The van der Waals surface area contributed by atoms with Crippen molar-refractivity contribution in [3.8, 4) is 5.75 Å². The second kappa shape index (κ2) is 4.32. The number of carbonyl (C=O) groups is 1. The van der Waals surface area contributed by atoms with E-state index in [9.17, 15) is 13.6 Å². The predicted molar refractivity (Wildman–Crippen MR) is 45.8 cm³/mol. The summed E-state index contributed by atoms with van der Waals surface area (Å²) in [6.45, 7) is -1.38. The lowest BCUT2D eigenvalue weighted by atomic mass is 10.2. The number of hydrogen-bond donors (Lipinski definition) is 0. The molecule has 0 aliphatic heterocycles. The number of halogens is 3. The Morgan fingerprint density at radius 2 is 2.29 bits per heavy atom. The standard InChI is InChI=1S/C8H6ClF2NO2/c1-4-2-5(14-8(10)11)3-12-6(4)7(9)13/h2-3,8H,1H3. The topological polar surface area (TPSA) is 39.2 Å². The van der Waals surface area contributed by atoms with Crippen molar-refractivity contribution in [1.29, 1.82) is 0 Å². The molecule has 14 heavy (non-hydrogen) atoms. The Bertz CT molecular complexity index is 357. The molecule has 0 bridgehead atoms. The molecule has 1 aromatic heterocycles. The number of nitrogens with zero attached hydrogens (tertiary/aromatic N) is 1. The molecule has 0 aliphatic carbocycles. The third kappa shape index (κ3) is 2.63. The predicted octanol–water partition coefficient (Wildman–Crippen LogP) is 2.37. The molecule has 0 spiro atoms. The largest absolute Gasteiger partial charge is 0.433 e. The summed E-state index contributed by atoms with van der Waals surface area (Å²) in [4.78, 5) is 14.3. The Labute approximate surface area is 83.7 Å². The molecule has 0 fully saturated rings. The summed E-state index contributed by atoms with van der Waals surface area (Å²) in [6, 6.07) is 1.27. The van der Waals surface area contributed by atoms with E-state index in [0.717, 1.165) is 6.20 Å². The maximum Gasteiger partial charge on any atom is 0.387 e. The zero-order valence-electron chi connectivity index (χ0n) is 7.13. The van der Waals surface area contributed by atoms with Gasteiger partial charge in [0, 0.05) is 0 Å². The number of rotatable bonds is 3. The number of aromatic nitrogens is 1. The number of ether oxygens (including phenoxy) is 1. The van der Waals surface area contributed by atoms with E-state index in [1.807, 2.05) is 0 Å². The summed E-state index contributed by atoms with van der Waals surface area (Å²) in [7, 11) is 0. The first kappa shape index (κ1) is 10.8. The van der Waals surface area contributed by atoms with Crippen LogP contribution in [0.4, 0.5) is 8.78 Å². The Kier molecular flexibility index (Phi) is 3.35. The highest BCUT2D eigenvalue weighted by molar-refractivity contribution is 6.67. The molecule has 0 radical (unpaired) electrons. The molecule has 6 heteroatoms. The third-order valence-corrected chi connectivity index (χ3v) is 1.64. The molecule has 3 nitrogen and oxygen atoms in total. The minimum Gasteiger partial charge on any atom is -0.433 e. The molecule has 0 atom stereocenters. The molecule has 0 amide bonds. The van der Waals surface area contributed by atoms with E-state index in [4.69, 9.17) is 11.6 Å². The van der Waals surface area contributed by atoms with Gasteiger partial charge in [-0.25, -0.2) is 4.98 Å². The van der Waals surface area contributed by atoms with Crippen LogP contribution in [0, 0.1) is 6.92 Å². The van der Waals surface area contributed by atoms with Crippen LogP contribution in [-0.4, -0.2) is 16.8 Å². The maximum absolute atomic E-state index is 11.8. The van der Waals surface area contributed by atoms with Gasteiger partial charge >= 0.3 is 6.61 Å². The quantitative estimate of drug-likeness (QED) is 0.736. The van der Waals surface area contributed by atoms with Crippen LogP contribution >= 0.6 is 11.6 Å². The van der Waals surface area contributed by atoms with Gasteiger partial charge in [-0.15, -0.1) is 0 Å². The molecule has 1 aromatic rings. The Morgan fingerprint density at radius 3 is 2.71 bits per heavy atom. The highest BCUT2D eigenvalue weighted by Crippen LogP contribution is 2.17. The number of carbonyl (C=O) groups excluding carboxylic acids is 1. The molecular formula is C8H6ClF2NO2. The van der Waals surface area contributed by atoms with Crippen LogP contribution in [0.3, 0.4) is 0 Å². The van der Waals surface area contributed by atoms with Gasteiger partial charge in [-0.3, -0.25) is 4.79 Å². The number of hydrogen-bond acceptors (Lipinski definition) is 3. The summed E-state index contributed by atoms with van der Waals surface area (Å²) in [5, 5.41) is -0.730. The van der Waals surface area contributed by atoms with Gasteiger partial charge in [0.2, 0.25) is 0 Å². The van der Waals surface area contributed by atoms with Crippen molar-refractivity contribution in [3.63, 3.8) is 0 Å². The van der Waals surface area contributed by atoms with Crippen molar-refractivity contribution in [2.75, 3.05) is 0 Å². The van der Waals surface area contributed by atoms with Crippen molar-refractivity contribution in [2.45, 2.75) is 13.5 Å². The summed E-state index contributed by atoms with van der Waals surface area (Å²) >= 11 is 5.18. The molecule has 0 N–H and O–H groups in total. The van der Waals surface area contributed by atoms with Crippen molar-refractivity contribution < 1.29 is 18.3 Å². The second-order valence-corrected chi connectivity index (χ2v) is 2.83. The highest BCUT2D eigenvalue weighted by atomic mass is 35.5. The summed E-state index contributed by atoms with van der Waals surface area (Å²) in [6.07, 6.45) is 1.02. The minimum absolute atomic E-state index is 0.0354. The van der Waals surface area contributed by atoms with E-state index < -0.39 is 11.9 Å². The van der Waals surface area contributed by atoms with Crippen LogP contribution in [0.1, 0.15) is 16.1 Å². The summed E-state index contributed by atoms with van der Waals surface area (Å²) in [5.74, 6) is -0.0980. The zero-order chi connectivity index (χ0) is 10.7. The van der Waals surface area contributed by atoms with Gasteiger partial charge < -0.3 is 4.74 Å². The van der Waals surface area contributed by atoms with Gasteiger partial charge in [-0.05, 0) is 30.2 Å². The van der Waals surface area contributed by atoms with Gasteiger partial charge in [-0.2, -0.15) is 8.78 Å². The summed E-state index contributed by atoms with van der Waals surface area (Å²) in [5.41, 5.74) is 0.427. The third-order valence-electron chi connectivity index (χ3n) is 1.46. The molecule has 0 saturated heterocycles. The first-order chi connectivity index (χ1) is 6.50. The van der Waals surface area contributed by atoms with E-state index in [1.165, 1.54) is 13.0 Å². The first-order valence-electron chi connectivity index (χ1n) is 3.62. The van der Waals surface area contributed by atoms with Gasteiger partial charge in [0.05, 0.1) is 6.20 Å². The fourth-order valence-corrected chi connectivity index (χ4v) is 1.12. The molecular weight excluding hydrogens is 216 g/mol. The average molecular weight is 222 g/mol. The van der Waals surface area contributed by atoms with E-state index in [2.05, 4.69) is 9.72 Å². The normalized spacial score (nSPS) is 10.4. The van der Waals surface area contributed by atoms with E-state index >= 15 is 0 Å². The molecule has 1 rings (SSSR count). The molecule has 0 aliphatic rings. The second-order valence-electron chi connectivity index (χ2n) is 2.49. The fraction of sp³-hybridized carbons (Fsp3) is 0.250. The Morgan fingerprint density at radius 1 is 1.64 bits per heavy atom. The Hall–Kier alpha value is -1.23. The molecule has 0 aromatic carbocycles. The van der Waals surface area contributed by atoms with Gasteiger partial charge in [0.1, 0.15) is 11.4 Å². The van der Waals surface area contributed by atoms with Crippen LogP contribution in [0.15, 0.2) is 12.3 Å². The van der Waals surface area contributed by atoms with Gasteiger partial charge in [-0.1, -0.05) is 0 Å². The van der Waals surface area contributed by atoms with Gasteiger partial charge in [0.25, 0.3) is 5.24 Å². The number of pyridine rings is 1. The van der Waals surface area contributed by atoms with Crippen molar-refractivity contribution in [3.05, 3.63) is 23.5 Å². The highest BCUT2D eigenvalue weighted by Gasteiger charge is 2.10. The first-order valence-corrected chi connectivity index (χ1v) is 4.00. The minimum atomic E-state index is -2.91. The van der Waals surface area contributed by atoms with Crippen molar-refractivity contribution in [1.82, 2.24) is 4.98 Å². The average Bonchev–Trinajstić information content (AvgIpc) is 2.01. The Balaban J connectivity index is 2.94. The van der Waals surface area contributed by atoms with Crippen LogP contribution in [0.2, 0.25) is 0 Å². The number of alkyl halides is 2. The van der Waals surface area contributed by atoms with E-state index in [-0.39, 0.29) is 11.4 Å². The monoisotopic (exact) mass is 221 g/mol. The lowest BCUT2D eigenvalue weighted by molar-refractivity contribution is -0.0501. The zero-order valence-corrected chi connectivity index (χ0v) is 7.89. The molecule has 1 heterocycles. The van der Waals surface area contributed by atoms with Crippen LogP contribution in [0.5, 0.6) is 5.75 Å². The van der Waals surface area contributed by atoms with Crippen molar-refractivity contribution in [2.24, 2.45) is 0 Å². The number of aryl methyl sites for hydroxylation is 1. The van der Waals surface area contributed by atoms with Crippen LogP contribution in [-0.2, 0) is 0 Å². The smallest absolute Gasteiger partial charge is 0.387 e. The fourth-order valence-electron chi connectivity index (χ4n) is 0.922. The van der Waals surface area contributed by atoms with Crippen molar-refractivity contribution >= 4 is 16.8 Å². The van der Waals surface area contributed by atoms with E-state index in [0.29, 0.717) is 5.56 Å². The lowest BCUT2D eigenvalue weighted by Crippen LogP contribution is -2.04. The SMILES string of the molecule is Cc1cc(OC(F)F)cnc1C(=O)Cl.